The molecule has 2 heteroatoms. The molecule has 0 saturated carbocycles. The Morgan fingerprint density at radius 2 is 1.75 bits per heavy atom. The van der Waals surface area contributed by atoms with Crippen molar-refractivity contribution in [2.24, 2.45) is 0 Å². The van der Waals surface area contributed by atoms with Gasteiger partial charge in [-0.2, -0.15) is 0 Å². The largest absolute Gasteiger partial charge is 0.494 e. The number of benzene rings is 1. The van der Waals surface area contributed by atoms with Crippen LogP contribution >= 0.6 is 0 Å². The van der Waals surface area contributed by atoms with Gasteiger partial charge in [0, 0.05) is 0 Å². The van der Waals surface area contributed by atoms with Gasteiger partial charge >= 0.3 is 0 Å². The van der Waals surface area contributed by atoms with Crippen molar-refractivity contribution < 1.29 is 4.74 Å². The van der Waals surface area contributed by atoms with Gasteiger partial charge in [0.15, 0.2) is 0 Å². The van der Waals surface area contributed by atoms with E-state index in [9.17, 15) is 0 Å². The zero-order valence-electron chi connectivity index (χ0n) is 10.4. The second-order valence-corrected chi connectivity index (χ2v) is 4.30. The number of unbranched alkanes of at least 4 members (excludes halogenated alkanes) is 3. The van der Waals surface area contributed by atoms with Gasteiger partial charge in [0.2, 0.25) is 0 Å². The molecule has 0 saturated heterocycles. The molecule has 0 heterocycles. The van der Waals surface area contributed by atoms with Crippen LogP contribution in [0.2, 0.25) is 0 Å². The van der Waals surface area contributed by atoms with Gasteiger partial charge in [-0.1, -0.05) is 25.0 Å². The Hall–Kier alpha value is -1.02. The Labute approximate surface area is 99.2 Å². The van der Waals surface area contributed by atoms with E-state index in [0.29, 0.717) is 0 Å². The lowest BCUT2D eigenvalue weighted by Crippen LogP contribution is -2.12. The third kappa shape index (κ3) is 6.46. The minimum Gasteiger partial charge on any atom is -0.494 e. The van der Waals surface area contributed by atoms with Crippen LogP contribution in [0.3, 0.4) is 0 Å². The second kappa shape index (κ2) is 8.17. The van der Waals surface area contributed by atoms with Gasteiger partial charge in [-0.25, -0.2) is 0 Å². The minimum atomic E-state index is 0.825. The molecule has 0 spiro atoms. The fourth-order valence-electron chi connectivity index (χ4n) is 1.54. The van der Waals surface area contributed by atoms with Crippen LogP contribution in [0.1, 0.15) is 25.7 Å². The summed E-state index contributed by atoms with van der Waals surface area (Å²) in [5.41, 5.74) is 0. The molecular formula is C14H22NO. The van der Waals surface area contributed by atoms with Crippen LogP contribution in [-0.2, 0) is 0 Å². The predicted molar refractivity (Wildman–Crippen MR) is 67.8 cm³/mol. The van der Waals surface area contributed by atoms with Gasteiger partial charge < -0.3 is 9.64 Å². The lowest BCUT2D eigenvalue weighted by atomic mass is 10.2. The molecule has 0 atom stereocenters. The topological polar surface area (TPSA) is 12.5 Å². The molecule has 1 radical (unpaired) electrons. The summed E-state index contributed by atoms with van der Waals surface area (Å²) >= 11 is 0. The third-order valence-corrected chi connectivity index (χ3v) is 2.46. The highest BCUT2D eigenvalue weighted by molar-refractivity contribution is 5.20. The van der Waals surface area contributed by atoms with Gasteiger partial charge in [-0.05, 0) is 51.7 Å². The van der Waals surface area contributed by atoms with Crippen LogP contribution in [0.5, 0.6) is 5.75 Å². The smallest absolute Gasteiger partial charge is 0.119 e. The van der Waals surface area contributed by atoms with Crippen molar-refractivity contribution in [1.82, 2.24) is 4.90 Å². The zero-order valence-corrected chi connectivity index (χ0v) is 10.4. The van der Waals surface area contributed by atoms with Gasteiger partial charge in [0.1, 0.15) is 5.75 Å². The summed E-state index contributed by atoms with van der Waals surface area (Å²) < 4.78 is 5.60. The predicted octanol–water partition coefficient (Wildman–Crippen LogP) is 2.99. The number of nitrogens with zero attached hydrogens (tertiary/aromatic N) is 1. The van der Waals surface area contributed by atoms with Gasteiger partial charge in [-0.3, -0.25) is 0 Å². The second-order valence-electron chi connectivity index (χ2n) is 4.30. The van der Waals surface area contributed by atoms with Crippen LogP contribution in [0.25, 0.3) is 0 Å². The van der Waals surface area contributed by atoms with Crippen molar-refractivity contribution >= 4 is 0 Å². The summed E-state index contributed by atoms with van der Waals surface area (Å²) in [6, 6.07) is 10.6. The normalized spacial score (nSPS) is 10.7. The Morgan fingerprint density at radius 3 is 2.44 bits per heavy atom. The molecule has 0 unspecified atom stereocenters. The minimum absolute atomic E-state index is 0.825. The molecule has 2 nitrogen and oxygen atoms in total. The molecule has 1 aromatic carbocycles. The Balaban J connectivity index is 1.93. The third-order valence-electron chi connectivity index (χ3n) is 2.46. The molecule has 0 aliphatic rings. The first kappa shape index (κ1) is 13.0. The standard InChI is InChI=1S/C14H22NO/c1-15(2)12-8-3-4-9-13-16-14-10-6-5-7-11-14/h6-7,10-11H,3-4,8-9,12-13H2,1-2H3. The monoisotopic (exact) mass is 220 g/mol. The summed E-state index contributed by atoms with van der Waals surface area (Å²) in [6.45, 7) is 2.02. The highest BCUT2D eigenvalue weighted by atomic mass is 16.5. The van der Waals surface area contributed by atoms with Crippen molar-refractivity contribution in [3.8, 4) is 5.75 Å². The van der Waals surface area contributed by atoms with Crippen LogP contribution in [0.15, 0.2) is 24.3 Å². The van der Waals surface area contributed by atoms with Gasteiger partial charge in [0.05, 0.1) is 6.61 Å². The fraction of sp³-hybridized carbons (Fsp3) is 0.571. The summed E-state index contributed by atoms with van der Waals surface area (Å²) in [5, 5.41) is 0. The Kier molecular flexibility index (Phi) is 6.66. The summed E-state index contributed by atoms with van der Waals surface area (Å²) in [7, 11) is 4.24. The van der Waals surface area contributed by atoms with E-state index in [1.165, 1.54) is 25.8 Å². The lowest BCUT2D eigenvalue weighted by Gasteiger charge is -2.09. The number of hydrogen-bond donors (Lipinski definition) is 0. The van der Waals surface area contributed by atoms with Crippen molar-refractivity contribution in [2.75, 3.05) is 27.2 Å². The molecule has 0 bridgehead atoms. The highest BCUT2D eigenvalue weighted by Crippen LogP contribution is 2.09. The number of ether oxygens (including phenoxy) is 1. The first-order valence-electron chi connectivity index (χ1n) is 6.02. The highest BCUT2D eigenvalue weighted by Gasteiger charge is 1.94. The average molecular weight is 220 g/mol. The first-order chi connectivity index (χ1) is 7.79. The molecule has 89 valence electrons. The molecule has 1 rings (SSSR count). The van der Waals surface area contributed by atoms with E-state index < -0.39 is 0 Å². The number of rotatable bonds is 8. The van der Waals surface area contributed by atoms with Crippen LogP contribution < -0.4 is 4.74 Å². The first-order valence-corrected chi connectivity index (χ1v) is 6.02. The Bertz CT molecular complexity index is 259. The van der Waals surface area contributed by atoms with Crippen LogP contribution in [0, 0.1) is 6.07 Å². The van der Waals surface area contributed by atoms with Crippen LogP contribution in [0.4, 0.5) is 0 Å². The van der Waals surface area contributed by atoms with Crippen molar-refractivity contribution in [3.63, 3.8) is 0 Å². The molecule has 0 aliphatic carbocycles. The molecule has 0 N–H and O–H groups in total. The molecule has 0 fully saturated rings. The molecule has 0 aliphatic heterocycles. The van der Waals surface area contributed by atoms with Crippen molar-refractivity contribution in [2.45, 2.75) is 25.7 Å². The van der Waals surface area contributed by atoms with E-state index in [1.54, 1.807) is 0 Å². The van der Waals surface area contributed by atoms with Gasteiger partial charge in [-0.15, -0.1) is 0 Å². The SMILES string of the molecule is CN(C)CCCCCCOc1cc[c]cc1. The summed E-state index contributed by atoms with van der Waals surface area (Å²) in [6.07, 6.45) is 4.98. The molecule has 0 aromatic heterocycles. The lowest BCUT2D eigenvalue weighted by molar-refractivity contribution is 0.302. The summed E-state index contributed by atoms with van der Waals surface area (Å²) in [4.78, 5) is 2.23. The maximum Gasteiger partial charge on any atom is 0.119 e. The Morgan fingerprint density at radius 1 is 1.06 bits per heavy atom. The van der Waals surface area contributed by atoms with E-state index in [4.69, 9.17) is 4.74 Å². The van der Waals surface area contributed by atoms with E-state index in [-0.39, 0.29) is 0 Å². The average Bonchev–Trinajstić information content (AvgIpc) is 2.29. The summed E-state index contributed by atoms with van der Waals surface area (Å²) in [5.74, 6) is 0.951. The van der Waals surface area contributed by atoms with E-state index >= 15 is 0 Å². The van der Waals surface area contributed by atoms with E-state index in [2.05, 4.69) is 25.1 Å². The van der Waals surface area contributed by atoms with Crippen molar-refractivity contribution in [3.05, 3.63) is 30.3 Å². The maximum atomic E-state index is 5.60. The zero-order chi connectivity index (χ0) is 11.6. The number of hydrogen-bond acceptors (Lipinski definition) is 2. The fourth-order valence-corrected chi connectivity index (χ4v) is 1.54. The van der Waals surface area contributed by atoms with Crippen molar-refractivity contribution in [1.29, 1.82) is 0 Å². The molecule has 0 amide bonds. The molecule has 1 aromatic rings. The van der Waals surface area contributed by atoms with E-state index in [1.807, 2.05) is 24.3 Å². The maximum absolute atomic E-state index is 5.60. The quantitative estimate of drug-likeness (QED) is 0.624. The molecule has 16 heavy (non-hydrogen) atoms. The van der Waals surface area contributed by atoms with E-state index in [0.717, 1.165) is 18.8 Å². The van der Waals surface area contributed by atoms with Crippen LogP contribution in [-0.4, -0.2) is 32.1 Å². The van der Waals surface area contributed by atoms with Gasteiger partial charge in [0.25, 0.3) is 0 Å². The molecular weight excluding hydrogens is 198 g/mol.